The van der Waals surface area contributed by atoms with Crippen molar-refractivity contribution in [1.82, 2.24) is 9.97 Å². The molecule has 0 amide bonds. The molecule has 1 heterocycles. The Labute approximate surface area is 108 Å². The predicted molar refractivity (Wildman–Crippen MR) is 66.6 cm³/mol. The van der Waals surface area contributed by atoms with Gasteiger partial charge < -0.3 is 5.73 Å². The van der Waals surface area contributed by atoms with Crippen LogP contribution >= 0.6 is 23.2 Å². The molecule has 0 spiro atoms. The molecule has 2 aromatic rings. The Balaban J connectivity index is 2.73. The summed E-state index contributed by atoms with van der Waals surface area (Å²) in [6.07, 6.45) is 1.45. The van der Waals surface area contributed by atoms with Crippen molar-refractivity contribution in [2.45, 2.75) is 0 Å². The first-order chi connectivity index (χ1) is 8.13. The van der Waals surface area contributed by atoms with Gasteiger partial charge in [0.1, 0.15) is 5.82 Å². The molecule has 0 saturated carbocycles. The smallest absolute Gasteiger partial charge is 0.224 e. The molecule has 0 bridgehead atoms. The van der Waals surface area contributed by atoms with Crippen LogP contribution in [0.2, 0.25) is 10.3 Å². The first-order valence-electron chi connectivity index (χ1n) is 4.60. The van der Waals surface area contributed by atoms with E-state index in [-0.39, 0.29) is 11.1 Å². The molecule has 84 valence electrons. The molecule has 1 aromatic carbocycles. The first-order valence-corrected chi connectivity index (χ1v) is 5.36. The Bertz CT molecular complexity index is 619. The standard InChI is InChI=1S/C11H6Cl2N4/c12-8-3-1-2-6(4-14)9(8)7-5-16-11(13)17-10(7)15/h1-3,5H,(H2,15,16,17). The molecule has 6 heteroatoms. The van der Waals surface area contributed by atoms with E-state index in [1.165, 1.54) is 6.20 Å². The monoisotopic (exact) mass is 264 g/mol. The van der Waals surface area contributed by atoms with Gasteiger partial charge >= 0.3 is 0 Å². The van der Waals surface area contributed by atoms with E-state index in [0.717, 1.165) is 0 Å². The van der Waals surface area contributed by atoms with Crippen LogP contribution in [-0.4, -0.2) is 9.97 Å². The summed E-state index contributed by atoms with van der Waals surface area (Å²) in [5.74, 6) is 0.189. The van der Waals surface area contributed by atoms with Crippen LogP contribution in [0.15, 0.2) is 24.4 Å². The van der Waals surface area contributed by atoms with Crippen LogP contribution in [-0.2, 0) is 0 Å². The second-order valence-corrected chi connectivity index (χ2v) is 3.96. The fourth-order valence-corrected chi connectivity index (χ4v) is 1.87. The fourth-order valence-electron chi connectivity index (χ4n) is 1.46. The molecule has 2 N–H and O–H groups in total. The van der Waals surface area contributed by atoms with Crippen molar-refractivity contribution in [3.05, 3.63) is 40.3 Å². The minimum Gasteiger partial charge on any atom is -0.383 e. The maximum Gasteiger partial charge on any atom is 0.224 e. The number of halogens is 2. The van der Waals surface area contributed by atoms with E-state index in [2.05, 4.69) is 9.97 Å². The van der Waals surface area contributed by atoms with Crippen LogP contribution in [0.3, 0.4) is 0 Å². The maximum atomic E-state index is 9.03. The van der Waals surface area contributed by atoms with Gasteiger partial charge in [-0.1, -0.05) is 17.7 Å². The van der Waals surface area contributed by atoms with Crippen molar-refractivity contribution in [2.24, 2.45) is 0 Å². The van der Waals surface area contributed by atoms with Crippen LogP contribution in [0.1, 0.15) is 5.56 Å². The van der Waals surface area contributed by atoms with Crippen molar-refractivity contribution in [2.75, 3.05) is 5.73 Å². The predicted octanol–water partition coefficient (Wildman–Crippen LogP) is 2.90. The molecule has 0 unspecified atom stereocenters. The second-order valence-electron chi connectivity index (χ2n) is 3.21. The zero-order valence-electron chi connectivity index (χ0n) is 8.48. The van der Waals surface area contributed by atoms with E-state index in [0.29, 0.717) is 21.7 Å². The normalized spacial score (nSPS) is 9.94. The highest BCUT2D eigenvalue weighted by Gasteiger charge is 2.13. The van der Waals surface area contributed by atoms with Crippen molar-refractivity contribution in [3.63, 3.8) is 0 Å². The molecule has 0 radical (unpaired) electrons. The number of aromatic nitrogens is 2. The van der Waals surface area contributed by atoms with E-state index in [1.54, 1.807) is 18.2 Å². The molecule has 0 aliphatic heterocycles. The van der Waals surface area contributed by atoms with E-state index >= 15 is 0 Å². The molecule has 2 rings (SSSR count). The SMILES string of the molecule is N#Cc1cccc(Cl)c1-c1cnc(Cl)nc1N. The lowest BCUT2D eigenvalue weighted by Gasteiger charge is -2.08. The van der Waals surface area contributed by atoms with Gasteiger partial charge in [0, 0.05) is 22.3 Å². The molecule has 0 saturated heterocycles. The zero-order valence-corrected chi connectivity index (χ0v) is 10.00. The maximum absolute atomic E-state index is 9.03. The van der Waals surface area contributed by atoms with Crippen molar-refractivity contribution in [1.29, 1.82) is 5.26 Å². The number of rotatable bonds is 1. The summed E-state index contributed by atoms with van der Waals surface area (Å²) in [6, 6.07) is 7.06. The Hall–Kier alpha value is -1.83. The molecular formula is C11H6Cl2N4. The van der Waals surface area contributed by atoms with Crippen LogP contribution in [0.25, 0.3) is 11.1 Å². The minimum atomic E-state index is 0.0526. The third-order valence-corrected chi connectivity index (χ3v) is 2.69. The number of nitrogens with two attached hydrogens (primary N) is 1. The molecule has 0 fully saturated rings. The average molecular weight is 265 g/mol. The van der Waals surface area contributed by atoms with Gasteiger partial charge in [0.15, 0.2) is 0 Å². The average Bonchev–Trinajstić information content (AvgIpc) is 2.30. The largest absolute Gasteiger partial charge is 0.383 e. The molecule has 0 atom stereocenters. The number of benzene rings is 1. The van der Waals surface area contributed by atoms with Crippen LogP contribution in [0, 0.1) is 11.3 Å². The second kappa shape index (κ2) is 4.58. The lowest BCUT2D eigenvalue weighted by atomic mass is 10.0. The number of nitrogens with zero attached hydrogens (tertiary/aromatic N) is 3. The van der Waals surface area contributed by atoms with Crippen LogP contribution < -0.4 is 5.73 Å². The number of hydrogen-bond donors (Lipinski definition) is 1. The summed E-state index contributed by atoms with van der Waals surface area (Å²) in [7, 11) is 0. The number of hydrogen-bond acceptors (Lipinski definition) is 4. The Morgan fingerprint density at radius 3 is 2.71 bits per heavy atom. The molecular weight excluding hydrogens is 259 g/mol. The van der Waals surface area contributed by atoms with Gasteiger partial charge in [0.2, 0.25) is 5.28 Å². The van der Waals surface area contributed by atoms with E-state index in [1.807, 2.05) is 6.07 Å². The van der Waals surface area contributed by atoms with Gasteiger partial charge in [0.25, 0.3) is 0 Å². The van der Waals surface area contributed by atoms with E-state index in [4.69, 9.17) is 34.2 Å². The highest BCUT2D eigenvalue weighted by molar-refractivity contribution is 6.33. The molecule has 17 heavy (non-hydrogen) atoms. The third-order valence-electron chi connectivity index (χ3n) is 2.19. The summed E-state index contributed by atoms with van der Waals surface area (Å²) >= 11 is 11.7. The van der Waals surface area contributed by atoms with Crippen LogP contribution in [0.5, 0.6) is 0 Å². The Morgan fingerprint density at radius 1 is 1.29 bits per heavy atom. The number of nitrogen functional groups attached to an aromatic ring is 1. The van der Waals surface area contributed by atoms with Gasteiger partial charge in [-0.2, -0.15) is 5.26 Å². The van der Waals surface area contributed by atoms with Gasteiger partial charge in [-0.25, -0.2) is 9.97 Å². The highest BCUT2D eigenvalue weighted by Crippen LogP contribution is 2.33. The molecule has 0 aliphatic carbocycles. The lowest BCUT2D eigenvalue weighted by molar-refractivity contribution is 1.18. The fraction of sp³-hybridized carbons (Fsp3) is 0. The molecule has 0 aliphatic rings. The Morgan fingerprint density at radius 2 is 2.06 bits per heavy atom. The Kier molecular flexibility index (Phi) is 3.14. The highest BCUT2D eigenvalue weighted by atomic mass is 35.5. The van der Waals surface area contributed by atoms with Crippen molar-refractivity contribution >= 4 is 29.0 Å². The molecule has 4 nitrogen and oxygen atoms in total. The zero-order chi connectivity index (χ0) is 12.4. The minimum absolute atomic E-state index is 0.0526. The first kappa shape index (κ1) is 11.6. The van der Waals surface area contributed by atoms with Crippen molar-refractivity contribution in [3.8, 4) is 17.2 Å². The third kappa shape index (κ3) is 2.16. The number of anilines is 1. The lowest BCUT2D eigenvalue weighted by Crippen LogP contribution is -1.98. The number of nitriles is 1. The molecule has 1 aromatic heterocycles. The van der Waals surface area contributed by atoms with Crippen LogP contribution in [0.4, 0.5) is 5.82 Å². The van der Waals surface area contributed by atoms with Crippen molar-refractivity contribution < 1.29 is 0 Å². The van der Waals surface area contributed by atoms with Gasteiger partial charge in [-0.3, -0.25) is 0 Å². The quantitative estimate of drug-likeness (QED) is 0.804. The van der Waals surface area contributed by atoms with Gasteiger partial charge in [-0.05, 0) is 23.7 Å². The van der Waals surface area contributed by atoms with E-state index in [9.17, 15) is 0 Å². The topological polar surface area (TPSA) is 75.6 Å². The summed E-state index contributed by atoms with van der Waals surface area (Å²) in [6.45, 7) is 0. The van der Waals surface area contributed by atoms with Gasteiger partial charge in [0.05, 0.1) is 11.6 Å². The summed E-state index contributed by atoms with van der Waals surface area (Å²) < 4.78 is 0. The van der Waals surface area contributed by atoms with Gasteiger partial charge in [-0.15, -0.1) is 0 Å². The van der Waals surface area contributed by atoms with E-state index < -0.39 is 0 Å². The summed E-state index contributed by atoms with van der Waals surface area (Å²) in [5.41, 5.74) is 7.17. The summed E-state index contributed by atoms with van der Waals surface area (Å²) in [4.78, 5) is 7.67. The summed E-state index contributed by atoms with van der Waals surface area (Å²) in [5, 5.41) is 9.50.